The Morgan fingerprint density at radius 2 is 2.64 bits per heavy atom. The van der Waals surface area contributed by atoms with E-state index in [0.717, 1.165) is 6.42 Å². The van der Waals surface area contributed by atoms with Gasteiger partial charge in [-0.05, 0) is 6.92 Å². The minimum absolute atomic E-state index is 0.0742. The summed E-state index contributed by atoms with van der Waals surface area (Å²) in [5.41, 5.74) is -0.213. The van der Waals surface area contributed by atoms with E-state index in [4.69, 9.17) is 4.74 Å². The number of rotatable bonds is 3. The molecule has 6 nitrogen and oxygen atoms in total. The topological polar surface area (TPSA) is 79.9 Å². The largest absolute Gasteiger partial charge is 0.376 e. The van der Waals surface area contributed by atoms with Crippen molar-refractivity contribution in [1.29, 1.82) is 0 Å². The second-order valence-electron chi connectivity index (χ2n) is 3.58. The molecule has 1 saturated carbocycles. The second-order valence-corrected chi connectivity index (χ2v) is 3.58. The van der Waals surface area contributed by atoms with Crippen LogP contribution >= 0.6 is 0 Å². The quantitative estimate of drug-likeness (QED) is 0.696. The molecule has 0 aromatic carbocycles. The van der Waals surface area contributed by atoms with Gasteiger partial charge in [0.1, 0.15) is 6.33 Å². The van der Waals surface area contributed by atoms with E-state index in [0.29, 0.717) is 0 Å². The highest BCUT2D eigenvalue weighted by Gasteiger charge is 2.51. The van der Waals surface area contributed by atoms with E-state index in [9.17, 15) is 4.79 Å². The third-order valence-corrected chi connectivity index (χ3v) is 2.59. The highest BCUT2D eigenvalue weighted by Crippen LogP contribution is 2.38. The molecule has 1 aromatic rings. The summed E-state index contributed by atoms with van der Waals surface area (Å²) in [4.78, 5) is 15.2. The number of aromatic amines is 1. The van der Waals surface area contributed by atoms with E-state index >= 15 is 0 Å². The Hall–Kier alpha value is -1.43. The minimum atomic E-state index is -0.242. The molecule has 6 heteroatoms. The molecule has 76 valence electrons. The normalized spacial score (nSPS) is 30.0. The van der Waals surface area contributed by atoms with Gasteiger partial charge in [-0.15, -0.1) is 0 Å². The first kappa shape index (κ1) is 9.14. The van der Waals surface area contributed by atoms with Gasteiger partial charge in [0.05, 0.1) is 11.6 Å². The minimum Gasteiger partial charge on any atom is -0.376 e. The van der Waals surface area contributed by atoms with Crippen molar-refractivity contribution in [3.8, 4) is 0 Å². The Morgan fingerprint density at radius 3 is 3.14 bits per heavy atom. The molecule has 0 spiro atoms. The van der Waals surface area contributed by atoms with Crippen LogP contribution in [0.3, 0.4) is 0 Å². The zero-order chi connectivity index (χ0) is 10.2. The van der Waals surface area contributed by atoms with Gasteiger partial charge >= 0.3 is 0 Å². The lowest BCUT2D eigenvalue weighted by Crippen LogP contribution is -2.32. The summed E-state index contributed by atoms with van der Waals surface area (Å²) in [5.74, 6) is -0.0105. The zero-order valence-corrected chi connectivity index (χ0v) is 8.07. The number of aromatic nitrogens is 3. The molecule has 1 heterocycles. The summed E-state index contributed by atoms with van der Waals surface area (Å²) in [6.07, 6.45) is 2.14. The van der Waals surface area contributed by atoms with Crippen LogP contribution in [0.1, 0.15) is 24.0 Å². The number of carbonyl (C=O) groups excluding carboxylic acids is 1. The van der Waals surface area contributed by atoms with Gasteiger partial charge in [-0.2, -0.15) is 5.10 Å². The fraction of sp³-hybridized carbons (Fsp3) is 0.625. The second kappa shape index (κ2) is 3.06. The monoisotopic (exact) mass is 196 g/mol. The molecule has 1 fully saturated rings. The predicted molar refractivity (Wildman–Crippen MR) is 47.7 cm³/mol. The molecule has 0 radical (unpaired) electrons. The molecule has 0 aliphatic heterocycles. The fourth-order valence-corrected chi connectivity index (χ4v) is 1.32. The number of nitrogens with zero attached hydrogens (tertiary/aromatic N) is 2. The number of methoxy groups -OCH3 is 1. The van der Waals surface area contributed by atoms with E-state index in [1.807, 2.05) is 6.92 Å². The molecular formula is C8H12N4O2. The van der Waals surface area contributed by atoms with Crippen LogP contribution in [0.2, 0.25) is 0 Å². The van der Waals surface area contributed by atoms with E-state index in [-0.39, 0.29) is 23.4 Å². The van der Waals surface area contributed by atoms with Crippen molar-refractivity contribution in [2.24, 2.45) is 0 Å². The average Bonchev–Trinajstić information content (AvgIpc) is 2.67. The Labute approximate surface area is 81.1 Å². The van der Waals surface area contributed by atoms with Crippen LogP contribution in [0.25, 0.3) is 0 Å². The van der Waals surface area contributed by atoms with Crippen molar-refractivity contribution in [3.05, 3.63) is 12.2 Å². The zero-order valence-electron chi connectivity index (χ0n) is 8.07. The summed E-state index contributed by atoms with van der Waals surface area (Å²) in [7, 11) is 1.64. The van der Waals surface area contributed by atoms with E-state index in [1.165, 1.54) is 6.33 Å². The van der Waals surface area contributed by atoms with Crippen LogP contribution in [0, 0.1) is 0 Å². The number of hydrogen-bond acceptors (Lipinski definition) is 4. The molecule has 1 aliphatic rings. The number of nitrogens with one attached hydrogen (secondary N) is 2. The molecule has 1 aliphatic carbocycles. The predicted octanol–water partition coefficient (Wildman–Crippen LogP) is -0.288. The molecule has 1 aromatic heterocycles. The summed E-state index contributed by atoms with van der Waals surface area (Å²) in [6.45, 7) is 1.96. The third-order valence-electron chi connectivity index (χ3n) is 2.59. The van der Waals surface area contributed by atoms with Crippen molar-refractivity contribution in [2.45, 2.75) is 25.0 Å². The maximum atomic E-state index is 11.5. The van der Waals surface area contributed by atoms with E-state index in [1.54, 1.807) is 7.11 Å². The van der Waals surface area contributed by atoms with Gasteiger partial charge < -0.3 is 10.1 Å². The van der Waals surface area contributed by atoms with Crippen LogP contribution in [0.5, 0.6) is 0 Å². The number of amides is 1. The average molecular weight is 196 g/mol. The third kappa shape index (κ3) is 1.48. The van der Waals surface area contributed by atoms with Crippen LogP contribution in [-0.2, 0) is 4.74 Å². The first-order valence-corrected chi connectivity index (χ1v) is 4.37. The summed E-state index contributed by atoms with van der Waals surface area (Å²) in [6, 6.07) is 0.0742. The van der Waals surface area contributed by atoms with Gasteiger partial charge in [-0.25, -0.2) is 4.98 Å². The number of H-pyrrole nitrogens is 1. The SMILES string of the molecule is CO[C@@]1(C)C[C@H]1NC(=O)c1ncn[nH]1. The first-order chi connectivity index (χ1) is 6.65. The molecule has 2 rings (SSSR count). The Balaban J connectivity index is 1.92. The van der Waals surface area contributed by atoms with Gasteiger partial charge in [0.2, 0.25) is 5.82 Å². The maximum absolute atomic E-state index is 11.5. The van der Waals surface area contributed by atoms with Crippen LogP contribution in [0.15, 0.2) is 6.33 Å². The Bertz CT molecular complexity index is 337. The van der Waals surface area contributed by atoms with Gasteiger partial charge in [-0.3, -0.25) is 9.89 Å². The van der Waals surface area contributed by atoms with E-state index < -0.39 is 0 Å². The van der Waals surface area contributed by atoms with Crippen molar-refractivity contribution < 1.29 is 9.53 Å². The van der Waals surface area contributed by atoms with Crippen LogP contribution in [0.4, 0.5) is 0 Å². The van der Waals surface area contributed by atoms with E-state index in [2.05, 4.69) is 20.5 Å². The molecule has 1 amide bonds. The maximum Gasteiger partial charge on any atom is 0.288 e. The van der Waals surface area contributed by atoms with Gasteiger partial charge in [-0.1, -0.05) is 0 Å². The van der Waals surface area contributed by atoms with Crippen LogP contribution in [-0.4, -0.2) is 39.8 Å². The smallest absolute Gasteiger partial charge is 0.288 e. The summed E-state index contributed by atoms with van der Waals surface area (Å²) >= 11 is 0. The summed E-state index contributed by atoms with van der Waals surface area (Å²) in [5, 5.41) is 8.90. The fourth-order valence-electron chi connectivity index (χ4n) is 1.32. The number of ether oxygens (including phenoxy) is 1. The lowest BCUT2D eigenvalue weighted by atomic mass is 10.4. The molecule has 2 N–H and O–H groups in total. The Morgan fingerprint density at radius 1 is 1.86 bits per heavy atom. The number of hydrogen-bond donors (Lipinski definition) is 2. The lowest BCUT2D eigenvalue weighted by molar-refractivity contribution is 0.0782. The van der Waals surface area contributed by atoms with Gasteiger partial charge in [0.15, 0.2) is 0 Å². The number of carbonyl (C=O) groups is 1. The first-order valence-electron chi connectivity index (χ1n) is 4.37. The van der Waals surface area contributed by atoms with Crippen molar-refractivity contribution in [1.82, 2.24) is 20.5 Å². The highest BCUT2D eigenvalue weighted by molar-refractivity contribution is 5.90. The molecular weight excluding hydrogens is 184 g/mol. The molecule has 14 heavy (non-hydrogen) atoms. The molecule has 2 atom stereocenters. The summed E-state index contributed by atoms with van der Waals surface area (Å²) < 4.78 is 5.22. The van der Waals surface area contributed by atoms with Gasteiger partial charge in [0.25, 0.3) is 5.91 Å². The highest BCUT2D eigenvalue weighted by atomic mass is 16.5. The van der Waals surface area contributed by atoms with Gasteiger partial charge in [0, 0.05) is 13.5 Å². The molecule has 0 bridgehead atoms. The van der Waals surface area contributed by atoms with Crippen molar-refractivity contribution >= 4 is 5.91 Å². The van der Waals surface area contributed by atoms with Crippen LogP contribution < -0.4 is 5.32 Å². The Kier molecular flexibility index (Phi) is 1.99. The van der Waals surface area contributed by atoms with Crippen molar-refractivity contribution in [3.63, 3.8) is 0 Å². The lowest BCUT2D eigenvalue weighted by Gasteiger charge is -2.08. The molecule has 0 saturated heterocycles. The standard InChI is InChI=1S/C8H12N4O2/c1-8(14-2)3-5(8)11-7(13)6-9-4-10-12-6/h4-5H,3H2,1-2H3,(H,11,13)(H,9,10,12)/t5-,8+/m1/s1. The molecule has 0 unspecified atom stereocenters. The van der Waals surface area contributed by atoms with Crippen molar-refractivity contribution in [2.75, 3.05) is 7.11 Å².